The Morgan fingerprint density at radius 2 is 1.87 bits per heavy atom. The molecule has 1 aromatic carbocycles. The number of carbonyl (C=O) groups excluding carboxylic acids is 1. The van der Waals surface area contributed by atoms with Gasteiger partial charge < -0.3 is 20.9 Å². The fraction of sp³-hybridized carbons (Fsp3) is 0.667. The van der Waals surface area contributed by atoms with Gasteiger partial charge in [0, 0.05) is 71.9 Å². The van der Waals surface area contributed by atoms with Crippen LogP contribution in [0.2, 0.25) is 0 Å². The van der Waals surface area contributed by atoms with Gasteiger partial charge in [0.2, 0.25) is 5.91 Å². The molecule has 2 aliphatic heterocycles. The van der Waals surface area contributed by atoms with Crippen LogP contribution in [0.3, 0.4) is 0 Å². The number of nitrogens with two attached hydrogens (primary N) is 1. The molecule has 2 aliphatic rings. The molecule has 1 unspecified atom stereocenters. The molecule has 0 saturated carbocycles. The Bertz CT molecular complexity index is 687. The van der Waals surface area contributed by atoms with Crippen molar-refractivity contribution < 1.29 is 4.79 Å². The normalized spacial score (nSPS) is 21.3. The van der Waals surface area contributed by atoms with Gasteiger partial charge in [0.15, 0.2) is 5.96 Å². The number of guanidine groups is 1. The number of nitrogens with zero attached hydrogens (tertiary/aromatic N) is 4. The molecule has 3 N–H and O–H groups in total. The minimum absolute atomic E-state index is 0.197. The van der Waals surface area contributed by atoms with Gasteiger partial charge in [-0.05, 0) is 37.7 Å². The summed E-state index contributed by atoms with van der Waals surface area (Å²) in [7, 11) is 0. The van der Waals surface area contributed by atoms with Crippen molar-refractivity contribution >= 4 is 11.9 Å². The van der Waals surface area contributed by atoms with Gasteiger partial charge in [-0.2, -0.15) is 0 Å². The van der Waals surface area contributed by atoms with E-state index in [9.17, 15) is 4.79 Å². The number of primary amides is 1. The summed E-state index contributed by atoms with van der Waals surface area (Å²) in [6.45, 7) is 12.4. The highest BCUT2D eigenvalue weighted by Crippen LogP contribution is 2.19. The van der Waals surface area contributed by atoms with Crippen molar-refractivity contribution in [1.82, 2.24) is 20.0 Å². The standard InChI is InChI=1S/C24H40N6O/c1-2-26-24(30-13-6-10-22(20-30)18-23(25)31)27-11-7-12-28-14-16-29(17-15-28)19-21-8-4-3-5-9-21/h3-5,8-9,22H,2,6-7,10-20H2,1H3,(H2,25,31)(H,26,27). The van der Waals surface area contributed by atoms with Crippen molar-refractivity contribution in [1.29, 1.82) is 0 Å². The predicted molar refractivity (Wildman–Crippen MR) is 127 cm³/mol. The molecule has 31 heavy (non-hydrogen) atoms. The number of nitrogens with one attached hydrogen (secondary N) is 1. The summed E-state index contributed by atoms with van der Waals surface area (Å²) in [5.74, 6) is 1.14. The number of aliphatic imine (C=N–C) groups is 1. The van der Waals surface area contributed by atoms with Crippen LogP contribution in [-0.2, 0) is 11.3 Å². The fourth-order valence-electron chi connectivity index (χ4n) is 4.63. The highest BCUT2D eigenvalue weighted by atomic mass is 16.1. The third-order valence-corrected chi connectivity index (χ3v) is 6.25. The van der Waals surface area contributed by atoms with Crippen LogP contribution in [0.15, 0.2) is 35.3 Å². The largest absolute Gasteiger partial charge is 0.370 e. The van der Waals surface area contributed by atoms with E-state index in [1.807, 2.05) is 0 Å². The van der Waals surface area contributed by atoms with Crippen molar-refractivity contribution in [3.05, 3.63) is 35.9 Å². The van der Waals surface area contributed by atoms with Crippen molar-refractivity contribution in [2.75, 3.05) is 58.9 Å². The van der Waals surface area contributed by atoms with E-state index in [4.69, 9.17) is 10.7 Å². The Morgan fingerprint density at radius 1 is 1.13 bits per heavy atom. The Morgan fingerprint density at radius 3 is 2.58 bits per heavy atom. The summed E-state index contributed by atoms with van der Waals surface area (Å²) >= 11 is 0. The molecule has 1 amide bonds. The average Bonchev–Trinajstić information content (AvgIpc) is 2.77. The van der Waals surface area contributed by atoms with E-state index < -0.39 is 0 Å². The van der Waals surface area contributed by atoms with Gasteiger partial charge in [0.05, 0.1) is 0 Å². The number of benzene rings is 1. The maximum atomic E-state index is 11.3. The van der Waals surface area contributed by atoms with E-state index in [2.05, 4.69) is 57.3 Å². The Hall–Kier alpha value is -2.12. The lowest BCUT2D eigenvalue weighted by Crippen LogP contribution is -2.47. The zero-order valence-corrected chi connectivity index (χ0v) is 19.1. The Kier molecular flexibility index (Phi) is 9.62. The summed E-state index contributed by atoms with van der Waals surface area (Å²) in [6.07, 6.45) is 3.73. The summed E-state index contributed by atoms with van der Waals surface area (Å²) in [6, 6.07) is 10.7. The van der Waals surface area contributed by atoms with E-state index >= 15 is 0 Å². The first-order valence-electron chi connectivity index (χ1n) is 11.9. The number of carbonyl (C=O) groups is 1. The summed E-state index contributed by atoms with van der Waals surface area (Å²) in [4.78, 5) is 23.6. The van der Waals surface area contributed by atoms with Crippen LogP contribution in [0.25, 0.3) is 0 Å². The molecule has 7 heteroatoms. The lowest BCUT2D eigenvalue weighted by atomic mass is 9.95. The molecule has 172 valence electrons. The molecule has 1 aromatic rings. The Balaban J connectivity index is 1.38. The van der Waals surface area contributed by atoms with E-state index in [0.717, 1.165) is 90.7 Å². The van der Waals surface area contributed by atoms with Crippen molar-refractivity contribution in [3.63, 3.8) is 0 Å². The molecule has 0 radical (unpaired) electrons. The smallest absolute Gasteiger partial charge is 0.217 e. The van der Waals surface area contributed by atoms with Gasteiger partial charge in [0.25, 0.3) is 0 Å². The van der Waals surface area contributed by atoms with Crippen molar-refractivity contribution in [2.24, 2.45) is 16.6 Å². The molecule has 7 nitrogen and oxygen atoms in total. The molecular formula is C24H40N6O. The van der Waals surface area contributed by atoms with Crippen molar-refractivity contribution in [2.45, 2.75) is 39.2 Å². The quantitative estimate of drug-likeness (QED) is 0.356. The zero-order chi connectivity index (χ0) is 21.9. The molecule has 0 bridgehead atoms. The number of hydrogen-bond acceptors (Lipinski definition) is 4. The van der Waals surface area contributed by atoms with Crippen LogP contribution in [0.4, 0.5) is 0 Å². The third kappa shape index (κ3) is 8.15. The summed E-state index contributed by atoms with van der Waals surface area (Å²) < 4.78 is 0. The number of hydrogen-bond donors (Lipinski definition) is 2. The van der Waals surface area contributed by atoms with Crippen LogP contribution < -0.4 is 11.1 Å². The van der Waals surface area contributed by atoms with Gasteiger partial charge >= 0.3 is 0 Å². The van der Waals surface area contributed by atoms with Crippen LogP contribution in [-0.4, -0.2) is 85.5 Å². The lowest BCUT2D eigenvalue weighted by molar-refractivity contribution is -0.119. The SMILES string of the molecule is CCNC(=NCCCN1CCN(Cc2ccccc2)CC1)N1CCCC(CC(N)=O)C1. The minimum Gasteiger partial charge on any atom is -0.370 e. The number of piperidine rings is 1. The topological polar surface area (TPSA) is 77.2 Å². The first kappa shape index (κ1) is 23.5. The van der Waals surface area contributed by atoms with Gasteiger partial charge in [0.1, 0.15) is 0 Å². The van der Waals surface area contributed by atoms with E-state index in [-0.39, 0.29) is 5.91 Å². The Labute approximate surface area is 187 Å². The second kappa shape index (κ2) is 12.7. The molecule has 1 atom stereocenters. The van der Waals surface area contributed by atoms with E-state index in [0.29, 0.717) is 12.3 Å². The summed E-state index contributed by atoms with van der Waals surface area (Å²) in [5, 5.41) is 3.43. The first-order chi connectivity index (χ1) is 15.1. The molecule has 3 rings (SSSR count). The van der Waals surface area contributed by atoms with Gasteiger partial charge in [-0.3, -0.25) is 14.7 Å². The second-order valence-corrected chi connectivity index (χ2v) is 8.82. The van der Waals surface area contributed by atoms with Gasteiger partial charge in [-0.25, -0.2) is 0 Å². The number of likely N-dealkylation sites (tertiary alicyclic amines) is 1. The molecule has 0 spiro atoms. The zero-order valence-electron chi connectivity index (χ0n) is 19.1. The predicted octanol–water partition coefficient (Wildman–Crippen LogP) is 1.75. The highest BCUT2D eigenvalue weighted by molar-refractivity contribution is 5.80. The molecule has 2 fully saturated rings. The van der Waals surface area contributed by atoms with Crippen LogP contribution >= 0.6 is 0 Å². The molecule has 2 heterocycles. The maximum Gasteiger partial charge on any atom is 0.217 e. The molecule has 0 aromatic heterocycles. The van der Waals surface area contributed by atoms with Gasteiger partial charge in [-0.1, -0.05) is 30.3 Å². The van der Waals surface area contributed by atoms with Crippen molar-refractivity contribution in [3.8, 4) is 0 Å². The fourth-order valence-corrected chi connectivity index (χ4v) is 4.63. The van der Waals surface area contributed by atoms with Gasteiger partial charge in [-0.15, -0.1) is 0 Å². The van der Waals surface area contributed by atoms with Crippen LogP contribution in [0.1, 0.15) is 38.2 Å². The first-order valence-corrected chi connectivity index (χ1v) is 11.9. The number of amides is 1. The second-order valence-electron chi connectivity index (χ2n) is 8.82. The lowest BCUT2D eigenvalue weighted by Gasteiger charge is -2.35. The minimum atomic E-state index is -0.197. The monoisotopic (exact) mass is 428 g/mol. The van der Waals surface area contributed by atoms with E-state index in [1.165, 1.54) is 5.56 Å². The van der Waals surface area contributed by atoms with E-state index in [1.54, 1.807) is 0 Å². The average molecular weight is 429 g/mol. The maximum absolute atomic E-state index is 11.3. The summed E-state index contributed by atoms with van der Waals surface area (Å²) in [5.41, 5.74) is 6.81. The highest BCUT2D eigenvalue weighted by Gasteiger charge is 2.23. The molecule has 0 aliphatic carbocycles. The number of piperazine rings is 1. The number of rotatable bonds is 9. The molecule has 2 saturated heterocycles. The third-order valence-electron chi connectivity index (χ3n) is 6.25. The molecular weight excluding hydrogens is 388 g/mol. The van der Waals surface area contributed by atoms with Crippen LogP contribution in [0, 0.1) is 5.92 Å². The van der Waals surface area contributed by atoms with Crippen LogP contribution in [0.5, 0.6) is 0 Å².